The summed E-state index contributed by atoms with van der Waals surface area (Å²) in [6.07, 6.45) is 2.05. The fourth-order valence-corrected chi connectivity index (χ4v) is 2.32. The Kier molecular flexibility index (Phi) is 4.79. The quantitative estimate of drug-likeness (QED) is 0.873. The molecule has 2 rings (SSSR count). The van der Waals surface area contributed by atoms with Crippen LogP contribution in [0.1, 0.15) is 34.7 Å². The summed E-state index contributed by atoms with van der Waals surface area (Å²) < 4.78 is 0. The molecule has 0 saturated carbocycles. The number of aromatic nitrogens is 1. The van der Waals surface area contributed by atoms with Gasteiger partial charge in [0.25, 0.3) is 5.91 Å². The van der Waals surface area contributed by atoms with Crippen LogP contribution < -0.4 is 5.32 Å². The number of nitrogens with one attached hydrogen (secondary N) is 1. The van der Waals surface area contributed by atoms with E-state index in [1.54, 1.807) is 17.8 Å². The van der Waals surface area contributed by atoms with E-state index in [2.05, 4.69) is 22.4 Å². The summed E-state index contributed by atoms with van der Waals surface area (Å²) in [5, 5.41) is 2.97. The van der Waals surface area contributed by atoms with E-state index < -0.39 is 0 Å². The number of hydrogen-bond acceptors (Lipinski definition) is 3. The molecule has 20 heavy (non-hydrogen) atoms. The Morgan fingerprint density at radius 1 is 1.20 bits per heavy atom. The van der Waals surface area contributed by atoms with Gasteiger partial charge >= 0.3 is 0 Å². The summed E-state index contributed by atoms with van der Waals surface area (Å²) in [4.78, 5) is 17.6. The number of aryl methyl sites for hydroxylation is 1. The number of benzene rings is 1. The predicted molar refractivity (Wildman–Crippen MR) is 83.1 cm³/mol. The fraction of sp³-hybridized carbons (Fsp3) is 0.250. The normalized spacial score (nSPS) is 11.9. The van der Waals surface area contributed by atoms with Crippen LogP contribution in [0.4, 0.5) is 0 Å². The van der Waals surface area contributed by atoms with Crippen molar-refractivity contribution in [3.63, 3.8) is 0 Å². The Bertz CT molecular complexity index is 596. The molecule has 3 nitrogen and oxygen atoms in total. The molecule has 2 aromatic rings. The van der Waals surface area contributed by atoms with Crippen LogP contribution in [0.2, 0.25) is 0 Å². The molecule has 0 aliphatic rings. The molecule has 0 unspecified atom stereocenters. The van der Waals surface area contributed by atoms with E-state index in [4.69, 9.17) is 0 Å². The summed E-state index contributed by atoms with van der Waals surface area (Å²) in [5.41, 5.74) is 2.39. The molecular weight excluding hydrogens is 268 g/mol. The first-order valence-electron chi connectivity index (χ1n) is 6.48. The number of hydrogen-bond donors (Lipinski definition) is 1. The van der Waals surface area contributed by atoms with Gasteiger partial charge in [0.2, 0.25) is 0 Å². The largest absolute Gasteiger partial charge is 0.344 e. The highest BCUT2D eigenvalue weighted by molar-refractivity contribution is 7.98. The number of nitrogens with zero attached hydrogens (tertiary/aromatic N) is 1. The second-order valence-corrected chi connectivity index (χ2v) is 5.51. The Hall–Kier alpha value is -1.81. The zero-order valence-electron chi connectivity index (χ0n) is 11.9. The zero-order chi connectivity index (χ0) is 14.5. The highest BCUT2D eigenvalue weighted by Crippen LogP contribution is 2.19. The smallest absolute Gasteiger partial charge is 0.270 e. The highest BCUT2D eigenvalue weighted by Gasteiger charge is 2.12. The number of amides is 1. The second-order valence-electron chi connectivity index (χ2n) is 4.63. The van der Waals surface area contributed by atoms with Crippen molar-refractivity contribution in [2.45, 2.75) is 24.8 Å². The van der Waals surface area contributed by atoms with E-state index in [1.807, 2.05) is 44.4 Å². The van der Waals surface area contributed by atoms with Crippen LogP contribution in [-0.4, -0.2) is 17.1 Å². The van der Waals surface area contributed by atoms with Crippen LogP contribution in [-0.2, 0) is 0 Å². The van der Waals surface area contributed by atoms with Crippen LogP contribution in [0.15, 0.2) is 47.4 Å². The van der Waals surface area contributed by atoms with E-state index in [0.717, 1.165) is 11.3 Å². The Balaban J connectivity index is 2.06. The Labute approximate surface area is 123 Å². The minimum absolute atomic E-state index is 0.0410. The first-order valence-corrected chi connectivity index (χ1v) is 7.71. The molecule has 1 N–H and O–H groups in total. The zero-order valence-corrected chi connectivity index (χ0v) is 12.7. The number of rotatable bonds is 4. The van der Waals surface area contributed by atoms with Gasteiger partial charge in [0.15, 0.2) is 0 Å². The lowest BCUT2D eigenvalue weighted by atomic mass is 10.1. The van der Waals surface area contributed by atoms with Crippen LogP contribution >= 0.6 is 11.8 Å². The number of carbonyl (C=O) groups excluding carboxylic acids is 1. The molecule has 0 fully saturated rings. The van der Waals surface area contributed by atoms with Crippen molar-refractivity contribution in [1.29, 1.82) is 0 Å². The molecule has 1 aromatic heterocycles. The standard InChI is InChI=1S/C16H18N2OS/c1-11-5-4-6-15(17-11)16(19)18-12(2)13-7-9-14(20-3)10-8-13/h4-10,12H,1-3H3,(H,18,19)/t12-/m1/s1. The first-order chi connectivity index (χ1) is 9.60. The maximum absolute atomic E-state index is 12.1. The van der Waals surface area contributed by atoms with Crippen molar-refractivity contribution >= 4 is 17.7 Å². The van der Waals surface area contributed by atoms with Gasteiger partial charge in [-0.1, -0.05) is 18.2 Å². The van der Waals surface area contributed by atoms with Crippen molar-refractivity contribution in [2.75, 3.05) is 6.26 Å². The van der Waals surface area contributed by atoms with Gasteiger partial charge in [0.1, 0.15) is 5.69 Å². The molecule has 0 bridgehead atoms. The molecular formula is C16H18N2OS. The van der Waals surface area contributed by atoms with Crippen LogP contribution in [0, 0.1) is 6.92 Å². The second kappa shape index (κ2) is 6.57. The van der Waals surface area contributed by atoms with Crippen molar-refractivity contribution in [3.05, 3.63) is 59.4 Å². The summed E-state index contributed by atoms with van der Waals surface area (Å²) in [7, 11) is 0. The highest BCUT2D eigenvalue weighted by atomic mass is 32.2. The average molecular weight is 286 g/mol. The molecule has 1 heterocycles. The maximum atomic E-state index is 12.1. The van der Waals surface area contributed by atoms with Gasteiger partial charge in [-0.15, -0.1) is 11.8 Å². The minimum Gasteiger partial charge on any atom is -0.344 e. The summed E-state index contributed by atoms with van der Waals surface area (Å²) in [6.45, 7) is 3.85. The fourth-order valence-electron chi connectivity index (χ4n) is 1.92. The Morgan fingerprint density at radius 3 is 2.50 bits per heavy atom. The molecule has 1 atom stereocenters. The lowest BCUT2D eigenvalue weighted by molar-refractivity contribution is 0.0934. The van der Waals surface area contributed by atoms with Gasteiger partial charge < -0.3 is 5.32 Å². The van der Waals surface area contributed by atoms with E-state index in [-0.39, 0.29) is 11.9 Å². The Morgan fingerprint density at radius 2 is 1.90 bits per heavy atom. The number of carbonyl (C=O) groups is 1. The van der Waals surface area contributed by atoms with Crippen LogP contribution in [0.3, 0.4) is 0 Å². The van der Waals surface area contributed by atoms with Gasteiger partial charge in [-0.2, -0.15) is 0 Å². The average Bonchev–Trinajstić information content (AvgIpc) is 2.47. The third-order valence-electron chi connectivity index (χ3n) is 3.08. The first kappa shape index (κ1) is 14.6. The van der Waals surface area contributed by atoms with E-state index in [0.29, 0.717) is 5.69 Å². The molecule has 4 heteroatoms. The third kappa shape index (κ3) is 3.61. The minimum atomic E-state index is -0.143. The van der Waals surface area contributed by atoms with Crippen LogP contribution in [0.5, 0.6) is 0 Å². The van der Waals surface area contributed by atoms with Crippen molar-refractivity contribution in [3.8, 4) is 0 Å². The van der Waals surface area contributed by atoms with E-state index in [1.165, 1.54) is 4.90 Å². The molecule has 0 aliphatic carbocycles. The van der Waals surface area contributed by atoms with Gasteiger partial charge in [-0.25, -0.2) is 4.98 Å². The van der Waals surface area contributed by atoms with Crippen LogP contribution in [0.25, 0.3) is 0 Å². The van der Waals surface area contributed by atoms with Crippen molar-refractivity contribution < 1.29 is 4.79 Å². The molecule has 104 valence electrons. The van der Waals surface area contributed by atoms with E-state index >= 15 is 0 Å². The lowest BCUT2D eigenvalue weighted by Gasteiger charge is -2.14. The SMILES string of the molecule is CSc1ccc([C@@H](C)NC(=O)c2cccc(C)n2)cc1. The predicted octanol–water partition coefficient (Wildman–Crippen LogP) is 3.60. The van der Waals surface area contributed by atoms with Gasteiger partial charge in [0, 0.05) is 10.6 Å². The summed E-state index contributed by atoms with van der Waals surface area (Å²) in [5.74, 6) is -0.143. The monoisotopic (exact) mass is 286 g/mol. The molecule has 1 amide bonds. The van der Waals surface area contributed by atoms with Gasteiger partial charge in [-0.05, 0) is 49.9 Å². The van der Waals surface area contributed by atoms with Crippen molar-refractivity contribution in [2.24, 2.45) is 0 Å². The molecule has 0 aliphatic heterocycles. The number of thioether (sulfide) groups is 1. The summed E-state index contributed by atoms with van der Waals surface area (Å²) >= 11 is 1.70. The molecule has 0 radical (unpaired) electrons. The third-order valence-corrected chi connectivity index (χ3v) is 3.83. The topological polar surface area (TPSA) is 42.0 Å². The van der Waals surface area contributed by atoms with Gasteiger partial charge in [-0.3, -0.25) is 4.79 Å². The number of pyridine rings is 1. The maximum Gasteiger partial charge on any atom is 0.270 e. The summed E-state index contributed by atoms with van der Waals surface area (Å²) in [6, 6.07) is 13.6. The molecule has 1 aromatic carbocycles. The lowest BCUT2D eigenvalue weighted by Crippen LogP contribution is -2.27. The van der Waals surface area contributed by atoms with Gasteiger partial charge in [0.05, 0.1) is 6.04 Å². The molecule has 0 saturated heterocycles. The van der Waals surface area contributed by atoms with Crippen molar-refractivity contribution in [1.82, 2.24) is 10.3 Å². The van der Waals surface area contributed by atoms with E-state index in [9.17, 15) is 4.79 Å². The molecule has 0 spiro atoms.